The summed E-state index contributed by atoms with van der Waals surface area (Å²) in [7, 11) is -3.43. The summed E-state index contributed by atoms with van der Waals surface area (Å²) in [4.78, 5) is 35.9. The minimum Gasteiger partial charge on any atom is -0.340 e. The molecule has 0 aliphatic rings. The second kappa shape index (κ2) is 11.7. The summed E-state index contributed by atoms with van der Waals surface area (Å²) in [5.41, 5.74) is 1.33. The molecule has 0 bridgehead atoms. The fourth-order valence-electron chi connectivity index (χ4n) is 2.83. The van der Waals surface area contributed by atoms with Crippen molar-refractivity contribution >= 4 is 50.7 Å². The van der Waals surface area contributed by atoms with Gasteiger partial charge in [-0.2, -0.15) is 11.8 Å². The van der Waals surface area contributed by atoms with E-state index in [9.17, 15) is 28.1 Å². The van der Waals surface area contributed by atoms with E-state index in [1.165, 1.54) is 36.9 Å². The third kappa shape index (κ3) is 7.75. The minimum atomic E-state index is -3.43. The molecule has 0 heterocycles. The Bertz CT molecular complexity index is 1140. The topological polar surface area (TPSA) is 148 Å². The quantitative estimate of drug-likeness (QED) is 0.321. The first-order valence-corrected chi connectivity index (χ1v) is 13.1. The fourth-order valence-corrected chi connectivity index (χ4v) is 4.01. The number of aryl methyl sites for hydroxylation is 1. The van der Waals surface area contributed by atoms with Crippen molar-refractivity contribution in [2.24, 2.45) is 0 Å². The molecule has 0 saturated heterocycles. The molecule has 12 heteroatoms. The third-order valence-corrected chi connectivity index (χ3v) is 6.63. The van der Waals surface area contributed by atoms with Crippen molar-refractivity contribution in [3.05, 3.63) is 63.7 Å². The maximum absolute atomic E-state index is 12.9. The molecular formula is C21H26N4O6S2. The van der Waals surface area contributed by atoms with E-state index < -0.39 is 32.8 Å². The number of thioether (sulfide) groups is 1. The van der Waals surface area contributed by atoms with E-state index >= 15 is 0 Å². The van der Waals surface area contributed by atoms with Gasteiger partial charge in [-0.3, -0.25) is 24.4 Å². The predicted octanol–water partition coefficient (Wildman–Crippen LogP) is 3.16. The average molecular weight is 495 g/mol. The van der Waals surface area contributed by atoms with E-state index in [1.807, 2.05) is 6.26 Å². The molecule has 33 heavy (non-hydrogen) atoms. The van der Waals surface area contributed by atoms with Gasteiger partial charge in [-0.15, -0.1) is 0 Å². The Labute approximate surface area is 196 Å². The Morgan fingerprint density at radius 2 is 1.91 bits per heavy atom. The highest BCUT2D eigenvalue weighted by Gasteiger charge is 2.22. The lowest BCUT2D eigenvalue weighted by Crippen LogP contribution is -2.44. The number of carbonyl (C=O) groups excluding carboxylic acids is 2. The molecule has 0 spiro atoms. The molecule has 3 N–H and O–H groups in total. The lowest BCUT2D eigenvalue weighted by molar-refractivity contribution is -0.384. The van der Waals surface area contributed by atoms with E-state index in [0.29, 0.717) is 29.1 Å². The van der Waals surface area contributed by atoms with Gasteiger partial charge in [0.2, 0.25) is 15.9 Å². The van der Waals surface area contributed by atoms with Crippen LogP contribution in [-0.2, 0) is 14.8 Å². The Balaban J connectivity index is 2.15. The van der Waals surface area contributed by atoms with E-state index in [4.69, 9.17) is 0 Å². The van der Waals surface area contributed by atoms with Crippen LogP contribution >= 0.6 is 11.8 Å². The number of hydrogen-bond donors (Lipinski definition) is 3. The monoisotopic (exact) mass is 494 g/mol. The van der Waals surface area contributed by atoms with Gasteiger partial charge in [-0.05, 0) is 62.1 Å². The number of rotatable bonds is 11. The van der Waals surface area contributed by atoms with Crippen LogP contribution in [0.25, 0.3) is 0 Å². The van der Waals surface area contributed by atoms with E-state index in [0.717, 1.165) is 6.07 Å². The van der Waals surface area contributed by atoms with Gasteiger partial charge >= 0.3 is 0 Å². The Morgan fingerprint density at radius 3 is 2.52 bits per heavy atom. The highest BCUT2D eigenvalue weighted by molar-refractivity contribution is 7.98. The molecule has 2 rings (SSSR count). The molecule has 0 saturated carbocycles. The molecular weight excluding hydrogens is 468 g/mol. The van der Waals surface area contributed by atoms with Crippen molar-refractivity contribution in [3.63, 3.8) is 0 Å². The minimum absolute atomic E-state index is 0.0632. The van der Waals surface area contributed by atoms with Gasteiger partial charge in [-0.1, -0.05) is 6.07 Å². The number of carbonyl (C=O) groups is 2. The van der Waals surface area contributed by atoms with Crippen molar-refractivity contribution in [2.75, 3.05) is 27.8 Å². The van der Waals surface area contributed by atoms with Crippen molar-refractivity contribution < 1.29 is 22.9 Å². The van der Waals surface area contributed by atoms with Crippen LogP contribution in [0.5, 0.6) is 0 Å². The smallest absolute Gasteiger partial charge is 0.270 e. The molecule has 0 aliphatic carbocycles. The van der Waals surface area contributed by atoms with Gasteiger partial charge in [-0.25, -0.2) is 8.42 Å². The van der Waals surface area contributed by atoms with Crippen LogP contribution in [0.2, 0.25) is 0 Å². The summed E-state index contributed by atoms with van der Waals surface area (Å²) in [6.45, 7) is 3.24. The van der Waals surface area contributed by atoms with E-state index in [-0.39, 0.29) is 17.0 Å². The summed E-state index contributed by atoms with van der Waals surface area (Å²) >= 11 is 1.51. The zero-order valence-electron chi connectivity index (χ0n) is 18.5. The SMILES string of the molecule is CCS(=O)(=O)Nc1ccc(NC(=O)C(CCSC)NC(=O)c2cccc([N+](=O)[O-])c2)cc1C. The first-order chi connectivity index (χ1) is 15.6. The molecule has 2 aromatic carbocycles. The van der Waals surface area contributed by atoms with Gasteiger partial charge < -0.3 is 10.6 Å². The molecule has 10 nitrogen and oxygen atoms in total. The second-order valence-electron chi connectivity index (χ2n) is 7.14. The van der Waals surface area contributed by atoms with Gasteiger partial charge in [0.05, 0.1) is 16.4 Å². The molecule has 1 atom stereocenters. The van der Waals surface area contributed by atoms with Crippen LogP contribution in [0.1, 0.15) is 29.3 Å². The second-order valence-corrected chi connectivity index (χ2v) is 10.1. The van der Waals surface area contributed by atoms with Crippen molar-refractivity contribution in [1.29, 1.82) is 0 Å². The summed E-state index contributed by atoms with van der Waals surface area (Å²) in [6, 6.07) is 9.14. The zero-order valence-corrected chi connectivity index (χ0v) is 20.1. The lowest BCUT2D eigenvalue weighted by atomic mass is 10.1. The number of nitrogens with one attached hydrogen (secondary N) is 3. The van der Waals surface area contributed by atoms with Gasteiger partial charge in [0.25, 0.3) is 11.6 Å². The largest absolute Gasteiger partial charge is 0.340 e. The molecule has 178 valence electrons. The highest BCUT2D eigenvalue weighted by Crippen LogP contribution is 2.21. The number of amides is 2. The average Bonchev–Trinajstić information content (AvgIpc) is 2.78. The first kappa shape index (κ1) is 26.1. The molecule has 0 radical (unpaired) electrons. The molecule has 2 amide bonds. The third-order valence-electron chi connectivity index (χ3n) is 4.69. The number of anilines is 2. The number of nitrogens with zero attached hydrogens (tertiary/aromatic N) is 1. The van der Waals surface area contributed by atoms with E-state index in [1.54, 1.807) is 25.1 Å². The van der Waals surface area contributed by atoms with Crippen LogP contribution in [0.4, 0.5) is 17.1 Å². The van der Waals surface area contributed by atoms with Gasteiger partial charge in [0.1, 0.15) is 6.04 Å². The molecule has 0 aromatic heterocycles. The number of nitro benzene ring substituents is 1. The van der Waals surface area contributed by atoms with Crippen LogP contribution in [0, 0.1) is 17.0 Å². The summed E-state index contributed by atoms with van der Waals surface area (Å²) in [5.74, 6) is -0.513. The highest BCUT2D eigenvalue weighted by atomic mass is 32.2. The lowest BCUT2D eigenvalue weighted by Gasteiger charge is -2.19. The van der Waals surface area contributed by atoms with Crippen LogP contribution in [-0.4, -0.2) is 49.0 Å². The van der Waals surface area contributed by atoms with Crippen LogP contribution < -0.4 is 15.4 Å². The number of benzene rings is 2. The molecule has 0 aliphatic heterocycles. The predicted molar refractivity (Wildman–Crippen MR) is 130 cm³/mol. The van der Waals surface area contributed by atoms with Crippen molar-refractivity contribution in [1.82, 2.24) is 5.32 Å². The molecule has 1 unspecified atom stereocenters. The Kier molecular flexibility index (Phi) is 9.23. The number of non-ortho nitro benzene ring substituents is 1. The molecule has 0 fully saturated rings. The Morgan fingerprint density at radius 1 is 1.18 bits per heavy atom. The van der Waals surface area contributed by atoms with Crippen molar-refractivity contribution in [3.8, 4) is 0 Å². The first-order valence-electron chi connectivity index (χ1n) is 10.0. The summed E-state index contributed by atoms with van der Waals surface area (Å²) < 4.78 is 26.1. The number of hydrogen-bond acceptors (Lipinski definition) is 7. The maximum atomic E-state index is 12.9. The molecule has 2 aromatic rings. The fraction of sp³-hybridized carbons (Fsp3) is 0.333. The number of nitro groups is 1. The Hall–Kier alpha value is -3.12. The van der Waals surface area contributed by atoms with Crippen LogP contribution in [0.3, 0.4) is 0 Å². The summed E-state index contributed by atoms with van der Waals surface area (Å²) in [6.07, 6.45) is 2.22. The normalized spacial score (nSPS) is 12.0. The van der Waals surface area contributed by atoms with Gasteiger partial charge in [0, 0.05) is 23.4 Å². The summed E-state index contributed by atoms with van der Waals surface area (Å²) in [5, 5.41) is 16.3. The maximum Gasteiger partial charge on any atom is 0.270 e. The standard InChI is InChI=1S/C21H26N4O6S2/c1-4-33(30,31)24-18-9-8-16(12-14(18)2)22-21(27)19(10-11-32-3)23-20(26)15-6-5-7-17(13-15)25(28)29/h5-9,12-13,19,24H,4,10-11H2,1-3H3,(H,22,27)(H,23,26). The number of sulfonamides is 1. The van der Waals surface area contributed by atoms with Gasteiger partial charge in [0.15, 0.2) is 0 Å². The van der Waals surface area contributed by atoms with E-state index in [2.05, 4.69) is 15.4 Å². The van der Waals surface area contributed by atoms with Crippen molar-refractivity contribution in [2.45, 2.75) is 26.3 Å². The van der Waals surface area contributed by atoms with Crippen LogP contribution in [0.15, 0.2) is 42.5 Å². The zero-order chi connectivity index (χ0) is 24.6.